The van der Waals surface area contributed by atoms with Gasteiger partial charge in [-0.15, -0.1) is 0 Å². The summed E-state index contributed by atoms with van der Waals surface area (Å²) in [4.78, 5) is 33.9. The number of carbonyl (C=O) groups excluding carboxylic acids is 1. The van der Waals surface area contributed by atoms with Gasteiger partial charge in [-0.05, 0) is 67.8 Å². The van der Waals surface area contributed by atoms with Crippen molar-refractivity contribution >= 4 is 28.4 Å². The third kappa shape index (κ3) is 5.44. The van der Waals surface area contributed by atoms with E-state index in [9.17, 15) is 9.59 Å². The fourth-order valence-electron chi connectivity index (χ4n) is 4.29. The first kappa shape index (κ1) is 25.5. The first-order chi connectivity index (χ1) is 17.3. The molecule has 0 saturated heterocycles. The summed E-state index contributed by atoms with van der Waals surface area (Å²) in [5.41, 5.74) is 1.92. The van der Waals surface area contributed by atoms with E-state index in [1.54, 1.807) is 21.6 Å². The van der Waals surface area contributed by atoms with E-state index in [1.165, 1.54) is 0 Å². The minimum absolute atomic E-state index is 0.112. The molecule has 4 rings (SSSR count). The molecule has 7 heteroatoms. The number of fused-ring (bicyclic) bond motifs is 1. The lowest BCUT2D eigenvalue weighted by atomic mass is 10.1. The van der Waals surface area contributed by atoms with Gasteiger partial charge < -0.3 is 9.64 Å². The van der Waals surface area contributed by atoms with Crippen molar-refractivity contribution < 1.29 is 9.53 Å². The number of carbonyl (C=O) groups is 1. The number of benzene rings is 3. The Balaban J connectivity index is 1.81. The first-order valence-corrected chi connectivity index (χ1v) is 12.4. The van der Waals surface area contributed by atoms with Crippen LogP contribution in [0.2, 0.25) is 5.02 Å². The van der Waals surface area contributed by atoms with Crippen molar-refractivity contribution in [1.82, 2.24) is 14.5 Å². The monoisotopic (exact) mass is 503 g/mol. The van der Waals surface area contributed by atoms with E-state index in [1.807, 2.05) is 74.5 Å². The van der Waals surface area contributed by atoms with E-state index in [4.69, 9.17) is 21.3 Å². The number of hydrogen-bond donors (Lipinski definition) is 0. The van der Waals surface area contributed by atoms with Crippen molar-refractivity contribution in [2.75, 3.05) is 13.2 Å². The highest BCUT2D eigenvalue weighted by Gasteiger charge is 2.28. The fourth-order valence-corrected chi connectivity index (χ4v) is 4.51. The SMILES string of the molecule is Cc1cc(Cl)ccc1-n1c(C(C)N(CC(C)C)C(=O)COc2ccccc2)nc2ccccc2c1=O. The second kappa shape index (κ2) is 11.0. The molecule has 1 amide bonds. The summed E-state index contributed by atoms with van der Waals surface area (Å²) < 4.78 is 7.37. The molecule has 0 aliphatic heterocycles. The molecule has 0 N–H and O–H groups in total. The van der Waals surface area contributed by atoms with E-state index in [0.717, 1.165) is 5.56 Å². The molecule has 0 saturated carbocycles. The summed E-state index contributed by atoms with van der Waals surface area (Å²) in [6.07, 6.45) is 0. The van der Waals surface area contributed by atoms with Gasteiger partial charge in [-0.25, -0.2) is 4.98 Å². The van der Waals surface area contributed by atoms with Crippen LogP contribution in [-0.4, -0.2) is 33.5 Å². The number of hydrogen-bond acceptors (Lipinski definition) is 4. The molecule has 36 heavy (non-hydrogen) atoms. The Kier molecular flexibility index (Phi) is 7.75. The standard InChI is InChI=1S/C29H30ClN3O3/c1-19(2)17-32(27(34)18-36-23-10-6-5-7-11-23)21(4)28-31-25-13-9-8-12-24(25)29(35)33(28)26-15-14-22(30)16-20(26)3/h5-16,19,21H,17-18H2,1-4H3. The summed E-state index contributed by atoms with van der Waals surface area (Å²) in [5.74, 6) is 1.13. The lowest BCUT2D eigenvalue weighted by Crippen LogP contribution is -2.41. The highest BCUT2D eigenvalue weighted by Crippen LogP contribution is 2.26. The van der Waals surface area contributed by atoms with E-state index in [2.05, 4.69) is 13.8 Å². The van der Waals surface area contributed by atoms with Crippen molar-refractivity contribution in [1.29, 1.82) is 0 Å². The average Bonchev–Trinajstić information content (AvgIpc) is 2.86. The smallest absolute Gasteiger partial charge is 0.266 e. The van der Waals surface area contributed by atoms with Gasteiger partial charge in [0.15, 0.2) is 6.61 Å². The van der Waals surface area contributed by atoms with Gasteiger partial charge in [-0.3, -0.25) is 14.2 Å². The summed E-state index contributed by atoms with van der Waals surface area (Å²) in [6, 6.07) is 21.4. The Morgan fingerprint density at radius 3 is 2.42 bits per heavy atom. The third-order valence-electron chi connectivity index (χ3n) is 6.03. The molecule has 0 aliphatic rings. The molecule has 3 aromatic carbocycles. The van der Waals surface area contributed by atoms with Crippen LogP contribution in [0.4, 0.5) is 0 Å². The van der Waals surface area contributed by atoms with Gasteiger partial charge in [0.2, 0.25) is 0 Å². The number of ether oxygens (including phenoxy) is 1. The number of aryl methyl sites for hydroxylation is 1. The molecule has 0 fully saturated rings. The maximum atomic E-state index is 13.8. The second-order valence-electron chi connectivity index (χ2n) is 9.28. The summed E-state index contributed by atoms with van der Waals surface area (Å²) in [6.45, 7) is 8.28. The number of amides is 1. The number of nitrogens with zero attached hydrogens (tertiary/aromatic N) is 3. The first-order valence-electron chi connectivity index (χ1n) is 12.0. The van der Waals surface area contributed by atoms with Crippen LogP contribution >= 0.6 is 11.6 Å². The molecular weight excluding hydrogens is 474 g/mol. The maximum absolute atomic E-state index is 13.8. The quantitative estimate of drug-likeness (QED) is 0.297. The number of aromatic nitrogens is 2. The molecule has 0 radical (unpaired) electrons. The lowest BCUT2D eigenvalue weighted by molar-refractivity contribution is -0.136. The van der Waals surface area contributed by atoms with Gasteiger partial charge in [-0.2, -0.15) is 0 Å². The number of para-hydroxylation sites is 2. The third-order valence-corrected chi connectivity index (χ3v) is 6.27. The van der Waals surface area contributed by atoms with Gasteiger partial charge in [0.1, 0.15) is 11.6 Å². The largest absolute Gasteiger partial charge is 0.484 e. The van der Waals surface area contributed by atoms with Crippen LogP contribution in [0.25, 0.3) is 16.6 Å². The Bertz CT molecular complexity index is 1430. The molecule has 1 heterocycles. The topological polar surface area (TPSA) is 64.4 Å². The normalized spacial score (nSPS) is 12.1. The van der Waals surface area contributed by atoms with E-state index < -0.39 is 6.04 Å². The summed E-state index contributed by atoms with van der Waals surface area (Å²) >= 11 is 6.21. The lowest BCUT2D eigenvalue weighted by Gasteiger charge is -2.32. The van der Waals surface area contributed by atoms with Crippen LogP contribution in [0.3, 0.4) is 0 Å². The highest BCUT2D eigenvalue weighted by molar-refractivity contribution is 6.30. The van der Waals surface area contributed by atoms with Gasteiger partial charge in [-0.1, -0.05) is 55.8 Å². The molecule has 0 aliphatic carbocycles. The molecule has 1 atom stereocenters. The molecule has 0 spiro atoms. The zero-order valence-electron chi connectivity index (χ0n) is 20.9. The Morgan fingerprint density at radius 1 is 1.03 bits per heavy atom. The van der Waals surface area contributed by atoms with Crippen LogP contribution < -0.4 is 10.3 Å². The summed E-state index contributed by atoms with van der Waals surface area (Å²) in [7, 11) is 0. The van der Waals surface area contributed by atoms with Crippen molar-refractivity contribution in [3.05, 3.63) is 99.6 Å². The highest BCUT2D eigenvalue weighted by atomic mass is 35.5. The van der Waals surface area contributed by atoms with Crippen molar-refractivity contribution in [3.63, 3.8) is 0 Å². The van der Waals surface area contributed by atoms with Gasteiger partial charge in [0.25, 0.3) is 11.5 Å². The molecule has 4 aromatic rings. The van der Waals surface area contributed by atoms with Gasteiger partial charge in [0, 0.05) is 11.6 Å². The minimum Gasteiger partial charge on any atom is -0.484 e. The van der Waals surface area contributed by atoms with Crippen molar-refractivity contribution in [2.45, 2.75) is 33.7 Å². The van der Waals surface area contributed by atoms with Crippen LogP contribution in [0.1, 0.15) is 38.2 Å². The zero-order chi connectivity index (χ0) is 25.8. The molecule has 186 valence electrons. The molecule has 1 aromatic heterocycles. The summed E-state index contributed by atoms with van der Waals surface area (Å²) in [5, 5.41) is 1.10. The predicted molar refractivity (Wildman–Crippen MR) is 144 cm³/mol. The number of halogens is 1. The van der Waals surface area contributed by atoms with Crippen molar-refractivity contribution in [2.24, 2.45) is 5.92 Å². The molecular formula is C29H30ClN3O3. The van der Waals surface area contributed by atoms with Crippen LogP contribution in [-0.2, 0) is 4.79 Å². The van der Waals surface area contributed by atoms with Gasteiger partial charge >= 0.3 is 0 Å². The zero-order valence-corrected chi connectivity index (χ0v) is 21.7. The average molecular weight is 504 g/mol. The van der Waals surface area contributed by atoms with E-state index in [-0.39, 0.29) is 24.0 Å². The Hall–Kier alpha value is -3.64. The van der Waals surface area contributed by atoms with Crippen LogP contribution in [0.15, 0.2) is 77.6 Å². The second-order valence-corrected chi connectivity index (χ2v) is 9.71. The Morgan fingerprint density at radius 2 is 1.72 bits per heavy atom. The molecule has 0 bridgehead atoms. The van der Waals surface area contributed by atoms with Crippen LogP contribution in [0, 0.1) is 12.8 Å². The molecule has 1 unspecified atom stereocenters. The van der Waals surface area contributed by atoms with Gasteiger partial charge in [0.05, 0.1) is 22.6 Å². The number of rotatable bonds is 8. The minimum atomic E-state index is -0.494. The van der Waals surface area contributed by atoms with Crippen molar-refractivity contribution in [3.8, 4) is 11.4 Å². The molecule has 6 nitrogen and oxygen atoms in total. The van der Waals surface area contributed by atoms with E-state index in [0.29, 0.717) is 39.7 Å². The maximum Gasteiger partial charge on any atom is 0.266 e. The predicted octanol–water partition coefficient (Wildman–Crippen LogP) is 5.97. The van der Waals surface area contributed by atoms with Crippen LogP contribution in [0.5, 0.6) is 5.75 Å². The fraction of sp³-hybridized carbons (Fsp3) is 0.276. The Labute approximate surface area is 216 Å². The van der Waals surface area contributed by atoms with E-state index >= 15 is 0 Å².